The van der Waals surface area contributed by atoms with Crippen LogP contribution in [0.15, 0.2) is 0 Å². The second kappa shape index (κ2) is 5.07. The molecule has 0 bridgehead atoms. The van der Waals surface area contributed by atoms with Gasteiger partial charge in [-0.05, 0) is 6.42 Å². The summed E-state index contributed by atoms with van der Waals surface area (Å²) in [6.45, 7) is 1.95. The zero-order valence-electron chi connectivity index (χ0n) is 5.36. The second-order valence-electron chi connectivity index (χ2n) is 1.88. The van der Waals surface area contributed by atoms with E-state index in [0.717, 1.165) is 6.42 Å². The van der Waals surface area contributed by atoms with E-state index in [9.17, 15) is 4.79 Å². The van der Waals surface area contributed by atoms with Crippen molar-refractivity contribution in [1.29, 1.82) is 0 Å². The molecule has 0 N–H and O–H groups in total. The van der Waals surface area contributed by atoms with E-state index < -0.39 is 4.84 Å². The first-order chi connectivity index (χ1) is 4.16. The van der Waals surface area contributed by atoms with Crippen LogP contribution in [0.25, 0.3) is 0 Å². The Morgan fingerprint density at radius 3 is 2.44 bits per heavy atom. The van der Waals surface area contributed by atoms with E-state index in [1.54, 1.807) is 0 Å². The average molecular weight is 169 g/mol. The van der Waals surface area contributed by atoms with Gasteiger partial charge in [0.25, 0.3) is 0 Å². The molecule has 0 atom stereocenters. The van der Waals surface area contributed by atoms with Crippen LogP contribution in [-0.2, 0) is 4.79 Å². The van der Waals surface area contributed by atoms with Crippen LogP contribution in [0.3, 0.4) is 0 Å². The van der Waals surface area contributed by atoms with Gasteiger partial charge in [0.1, 0.15) is 10.6 Å². The number of hydrogen-bond acceptors (Lipinski definition) is 1. The molecule has 0 aliphatic heterocycles. The fourth-order valence-corrected chi connectivity index (χ4v) is 0.897. The molecule has 0 radical (unpaired) electrons. The maximum absolute atomic E-state index is 10.7. The Kier molecular flexibility index (Phi) is 5.21. The molecule has 0 heterocycles. The lowest BCUT2D eigenvalue weighted by molar-refractivity contribution is -0.118. The fraction of sp³-hybridized carbons (Fsp3) is 0.833. The first-order valence-electron chi connectivity index (χ1n) is 2.96. The molecule has 0 spiro atoms. The van der Waals surface area contributed by atoms with Crippen molar-refractivity contribution in [3.05, 3.63) is 0 Å². The molecule has 1 nitrogen and oxygen atoms in total. The van der Waals surface area contributed by atoms with E-state index in [1.165, 1.54) is 0 Å². The fourth-order valence-electron chi connectivity index (χ4n) is 0.553. The van der Waals surface area contributed by atoms with Gasteiger partial charge in [0, 0.05) is 12.8 Å². The zero-order chi connectivity index (χ0) is 7.28. The first kappa shape index (κ1) is 9.25. The predicted molar refractivity (Wildman–Crippen MR) is 40.0 cm³/mol. The van der Waals surface area contributed by atoms with Crippen molar-refractivity contribution in [2.24, 2.45) is 0 Å². The van der Waals surface area contributed by atoms with Crippen molar-refractivity contribution in [1.82, 2.24) is 0 Å². The lowest BCUT2D eigenvalue weighted by Crippen LogP contribution is -2.01. The van der Waals surface area contributed by atoms with Gasteiger partial charge in [0.15, 0.2) is 0 Å². The number of alkyl halides is 2. The molecule has 54 valence electrons. The average Bonchev–Trinajstić information content (AvgIpc) is 1.63. The minimum atomic E-state index is -0.524. The smallest absolute Gasteiger partial charge is 0.135 e. The van der Waals surface area contributed by atoms with Crippen molar-refractivity contribution >= 4 is 29.0 Å². The molecule has 0 aliphatic rings. The number of carbonyl (C=O) groups excluding carboxylic acids is 1. The molecule has 0 fully saturated rings. The quantitative estimate of drug-likeness (QED) is 0.591. The molecule has 9 heavy (non-hydrogen) atoms. The van der Waals surface area contributed by atoms with Gasteiger partial charge in [-0.2, -0.15) is 0 Å². The van der Waals surface area contributed by atoms with E-state index in [1.807, 2.05) is 6.92 Å². The topological polar surface area (TPSA) is 17.1 Å². The van der Waals surface area contributed by atoms with Crippen molar-refractivity contribution in [3.63, 3.8) is 0 Å². The highest BCUT2D eigenvalue weighted by Gasteiger charge is 2.05. The van der Waals surface area contributed by atoms with Crippen LogP contribution in [0, 0.1) is 0 Å². The molecule has 0 amide bonds. The number of hydrogen-bond donors (Lipinski definition) is 0. The van der Waals surface area contributed by atoms with Gasteiger partial charge in [-0.3, -0.25) is 4.79 Å². The van der Waals surface area contributed by atoms with E-state index >= 15 is 0 Å². The Bertz CT molecular complexity index is 91.1. The van der Waals surface area contributed by atoms with Gasteiger partial charge in [0.05, 0.1) is 0 Å². The number of carbonyl (C=O) groups is 1. The van der Waals surface area contributed by atoms with Crippen LogP contribution in [0.4, 0.5) is 0 Å². The van der Waals surface area contributed by atoms with Gasteiger partial charge < -0.3 is 0 Å². The summed E-state index contributed by atoms with van der Waals surface area (Å²) in [4.78, 5) is 10.2. The Hall–Kier alpha value is 0.250. The summed E-state index contributed by atoms with van der Waals surface area (Å²) in [5.41, 5.74) is 0. The molecule has 0 aliphatic carbocycles. The maximum atomic E-state index is 10.7. The summed E-state index contributed by atoms with van der Waals surface area (Å²) in [5.74, 6) is 0.146. The van der Waals surface area contributed by atoms with Gasteiger partial charge in [-0.15, -0.1) is 23.2 Å². The molecule has 0 unspecified atom stereocenters. The molecule has 0 aromatic carbocycles. The second-order valence-corrected chi connectivity index (χ2v) is 3.16. The number of ketones is 1. The summed E-state index contributed by atoms with van der Waals surface area (Å²) in [6, 6.07) is 0. The largest absolute Gasteiger partial charge is 0.300 e. The van der Waals surface area contributed by atoms with Gasteiger partial charge in [0.2, 0.25) is 0 Å². The number of halogens is 2. The molecule has 0 saturated heterocycles. The highest BCUT2D eigenvalue weighted by Crippen LogP contribution is 2.08. The van der Waals surface area contributed by atoms with Crippen molar-refractivity contribution in [2.75, 3.05) is 0 Å². The third kappa shape index (κ3) is 6.13. The van der Waals surface area contributed by atoms with Crippen LogP contribution in [0.5, 0.6) is 0 Å². The van der Waals surface area contributed by atoms with E-state index in [4.69, 9.17) is 23.2 Å². The van der Waals surface area contributed by atoms with E-state index in [2.05, 4.69) is 0 Å². The van der Waals surface area contributed by atoms with Gasteiger partial charge in [-0.25, -0.2) is 0 Å². The molecular weight excluding hydrogens is 159 g/mol. The van der Waals surface area contributed by atoms with Crippen LogP contribution >= 0.6 is 23.2 Å². The molecule has 0 saturated carbocycles. The van der Waals surface area contributed by atoms with E-state index in [0.29, 0.717) is 6.42 Å². The number of Topliss-reactive ketones (excluding diaryl/α,β-unsaturated/α-hetero) is 1. The van der Waals surface area contributed by atoms with Crippen LogP contribution in [-0.4, -0.2) is 10.6 Å². The Morgan fingerprint density at radius 2 is 2.11 bits per heavy atom. The lowest BCUT2D eigenvalue weighted by atomic mass is 10.2. The summed E-state index contributed by atoms with van der Waals surface area (Å²) in [6.07, 6.45) is 1.76. The van der Waals surface area contributed by atoms with Crippen molar-refractivity contribution in [3.8, 4) is 0 Å². The predicted octanol–water partition coefficient (Wildman–Crippen LogP) is 2.55. The Balaban J connectivity index is 3.27. The highest BCUT2D eigenvalue weighted by molar-refractivity contribution is 6.45. The molecular formula is C6H10Cl2O. The van der Waals surface area contributed by atoms with Crippen LogP contribution < -0.4 is 0 Å². The lowest BCUT2D eigenvalue weighted by Gasteiger charge is -1.96. The summed E-state index contributed by atoms with van der Waals surface area (Å²) >= 11 is 10.7. The molecule has 0 aromatic rings. The van der Waals surface area contributed by atoms with Crippen LogP contribution in [0.1, 0.15) is 26.2 Å². The summed E-state index contributed by atoms with van der Waals surface area (Å²) < 4.78 is 0. The van der Waals surface area contributed by atoms with Crippen molar-refractivity contribution < 1.29 is 4.79 Å². The SMILES string of the molecule is CCCC(=O)CC(Cl)Cl. The molecule has 0 rings (SSSR count). The minimum absolute atomic E-state index is 0.146. The Labute approximate surface area is 65.3 Å². The minimum Gasteiger partial charge on any atom is -0.300 e. The molecule has 0 aromatic heterocycles. The third-order valence-corrected chi connectivity index (χ3v) is 1.22. The highest BCUT2D eigenvalue weighted by atomic mass is 35.5. The van der Waals surface area contributed by atoms with Gasteiger partial charge in [-0.1, -0.05) is 6.92 Å². The Morgan fingerprint density at radius 1 is 1.56 bits per heavy atom. The number of rotatable bonds is 4. The van der Waals surface area contributed by atoms with Crippen molar-refractivity contribution in [2.45, 2.75) is 31.0 Å². The standard InChI is InChI=1S/C6H10Cl2O/c1-2-3-5(9)4-6(7)8/h6H,2-4H2,1H3. The first-order valence-corrected chi connectivity index (χ1v) is 3.84. The zero-order valence-corrected chi connectivity index (χ0v) is 6.87. The summed E-state index contributed by atoms with van der Waals surface area (Å²) in [5, 5.41) is 0. The third-order valence-electron chi connectivity index (χ3n) is 0.911. The monoisotopic (exact) mass is 168 g/mol. The molecule has 3 heteroatoms. The maximum Gasteiger partial charge on any atom is 0.135 e. The summed E-state index contributed by atoms with van der Waals surface area (Å²) in [7, 11) is 0. The normalized spacial score (nSPS) is 10.2. The van der Waals surface area contributed by atoms with Crippen LogP contribution in [0.2, 0.25) is 0 Å². The van der Waals surface area contributed by atoms with E-state index in [-0.39, 0.29) is 12.2 Å². The van der Waals surface area contributed by atoms with Gasteiger partial charge >= 0.3 is 0 Å².